The number of halogens is 4. The maximum absolute atomic E-state index is 11.9. The Hall–Kier alpha value is -0.500. The van der Waals surface area contributed by atoms with E-state index >= 15 is 0 Å². The van der Waals surface area contributed by atoms with Crippen molar-refractivity contribution in [2.24, 2.45) is 0 Å². The molecule has 0 radical (unpaired) electrons. The minimum Gasteiger partial charge on any atom is -0.494 e. The SMILES string of the molecule is FC(F)(F)CCCOc1ccc(COCCI)cc1. The summed E-state index contributed by atoms with van der Waals surface area (Å²) in [5.74, 6) is 0.583. The Morgan fingerprint density at radius 2 is 1.74 bits per heavy atom. The third kappa shape index (κ3) is 8.30. The van der Waals surface area contributed by atoms with Crippen molar-refractivity contribution in [3.05, 3.63) is 29.8 Å². The van der Waals surface area contributed by atoms with Gasteiger partial charge in [0.2, 0.25) is 0 Å². The third-order valence-electron chi connectivity index (χ3n) is 2.29. The van der Waals surface area contributed by atoms with Crippen molar-refractivity contribution in [2.75, 3.05) is 17.6 Å². The van der Waals surface area contributed by atoms with Crippen LogP contribution in [0.1, 0.15) is 18.4 Å². The Labute approximate surface area is 124 Å². The van der Waals surface area contributed by atoms with E-state index in [4.69, 9.17) is 9.47 Å². The molecular formula is C13H16F3IO2. The van der Waals surface area contributed by atoms with Crippen LogP contribution < -0.4 is 4.74 Å². The molecular weight excluding hydrogens is 372 g/mol. The number of benzene rings is 1. The molecule has 1 aromatic carbocycles. The molecule has 0 saturated carbocycles. The van der Waals surface area contributed by atoms with Crippen molar-refractivity contribution in [1.29, 1.82) is 0 Å². The van der Waals surface area contributed by atoms with Crippen molar-refractivity contribution in [3.8, 4) is 5.75 Å². The van der Waals surface area contributed by atoms with Crippen LogP contribution in [0.4, 0.5) is 13.2 Å². The Kier molecular flexibility index (Phi) is 7.52. The van der Waals surface area contributed by atoms with Gasteiger partial charge in [-0.1, -0.05) is 34.7 Å². The summed E-state index contributed by atoms with van der Waals surface area (Å²) in [7, 11) is 0. The third-order valence-corrected chi connectivity index (χ3v) is 2.73. The second-order valence-electron chi connectivity index (χ2n) is 3.95. The van der Waals surface area contributed by atoms with Crippen LogP contribution in [-0.2, 0) is 11.3 Å². The van der Waals surface area contributed by atoms with Crippen LogP contribution in [0, 0.1) is 0 Å². The van der Waals surface area contributed by atoms with E-state index in [1.807, 2.05) is 12.1 Å². The van der Waals surface area contributed by atoms with Crippen molar-refractivity contribution >= 4 is 22.6 Å². The maximum Gasteiger partial charge on any atom is 0.389 e. The lowest BCUT2D eigenvalue weighted by Crippen LogP contribution is -2.09. The molecule has 0 bridgehead atoms. The molecule has 1 rings (SSSR count). The summed E-state index contributed by atoms with van der Waals surface area (Å²) in [5.41, 5.74) is 1.02. The molecule has 108 valence electrons. The molecule has 0 aromatic heterocycles. The number of ether oxygens (including phenoxy) is 2. The maximum atomic E-state index is 11.9. The molecule has 0 aliphatic rings. The van der Waals surface area contributed by atoms with E-state index in [1.165, 1.54) is 0 Å². The smallest absolute Gasteiger partial charge is 0.389 e. The second-order valence-corrected chi connectivity index (χ2v) is 5.03. The quantitative estimate of drug-likeness (QED) is 0.374. The lowest BCUT2D eigenvalue weighted by molar-refractivity contribution is -0.136. The molecule has 0 N–H and O–H groups in total. The highest BCUT2D eigenvalue weighted by atomic mass is 127. The first-order chi connectivity index (χ1) is 9.01. The fraction of sp³-hybridized carbons (Fsp3) is 0.538. The molecule has 0 aliphatic carbocycles. The van der Waals surface area contributed by atoms with Gasteiger partial charge in [0.05, 0.1) is 19.8 Å². The van der Waals surface area contributed by atoms with Crippen LogP contribution in [-0.4, -0.2) is 23.8 Å². The molecule has 0 heterocycles. The second kappa shape index (κ2) is 8.63. The standard InChI is InChI=1S/C13H16F3IO2/c14-13(15,16)6-1-8-19-12-4-2-11(3-5-12)10-18-9-7-17/h2-5H,1,6-10H2. The Balaban J connectivity index is 2.24. The average molecular weight is 388 g/mol. The lowest BCUT2D eigenvalue weighted by atomic mass is 10.2. The molecule has 0 amide bonds. The van der Waals surface area contributed by atoms with Gasteiger partial charge in [-0.15, -0.1) is 0 Å². The molecule has 0 unspecified atom stereocenters. The zero-order chi connectivity index (χ0) is 14.1. The average Bonchev–Trinajstić information content (AvgIpc) is 2.36. The first-order valence-corrected chi connectivity index (χ1v) is 7.46. The van der Waals surface area contributed by atoms with Gasteiger partial charge in [-0.25, -0.2) is 0 Å². The van der Waals surface area contributed by atoms with Gasteiger partial charge in [0.25, 0.3) is 0 Å². The van der Waals surface area contributed by atoms with Crippen molar-refractivity contribution in [1.82, 2.24) is 0 Å². The van der Waals surface area contributed by atoms with Crippen LogP contribution in [0.2, 0.25) is 0 Å². The van der Waals surface area contributed by atoms with Crippen LogP contribution in [0.25, 0.3) is 0 Å². The summed E-state index contributed by atoms with van der Waals surface area (Å²) in [5, 5.41) is 0. The zero-order valence-electron chi connectivity index (χ0n) is 10.4. The molecule has 19 heavy (non-hydrogen) atoms. The van der Waals surface area contributed by atoms with Gasteiger partial charge in [0, 0.05) is 10.8 Å². The Bertz CT molecular complexity index is 352. The molecule has 2 nitrogen and oxygen atoms in total. The largest absolute Gasteiger partial charge is 0.494 e. The van der Waals surface area contributed by atoms with Crippen LogP contribution in [0.15, 0.2) is 24.3 Å². The van der Waals surface area contributed by atoms with Gasteiger partial charge in [-0.3, -0.25) is 0 Å². The van der Waals surface area contributed by atoms with E-state index in [-0.39, 0.29) is 13.0 Å². The van der Waals surface area contributed by atoms with Crippen LogP contribution in [0.3, 0.4) is 0 Å². The number of rotatable bonds is 8. The predicted molar refractivity (Wildman–Crippen MR) is 75.8 cm³/mol. The van der Waals surface area contributed by atoms with Crippen molar-refractivity contribution < 1.29 is 22.6 Å². The summed E-state index contributed by atoms with van der Waals surface area (Å²) in [6.45, 7) is 1.32. The van der Waals surface area contributed by atoms with E-state index < -0.39 is 12.6 Å². The molecule has 0 spiro atoms. The minimum atomic E-state index is -4.11. The zero-order valence-corrected chi connectivity index (χ0v) is 12.5. The normalized spacial score (nSPS) is 11.6. The first kappa shape index (κ1) is 16.6. The summed E-state index contributed by atoms with van der Waals surface area (Å²) >= 11 is 2.23. The van der Waals surface area contributed by atoms with Gasteiger partial charge >= 0.3 is 6.18 Å². The first-order valence-electron chi connectivity index (χ1n) is 5.93. The fourth-order valence-corrected chi connectivity index (χ4v) is 1.70. The molecule has 0 saturated heterocycles. The Morgan fingerprint density at radius 3 is 2.32 bits per heavy atom. The highest BCUT2D eigenvalue weighted by Crippen LogP contribution is 2.21. The fourth-order valence-electron chi connectivity index (χ4n) is 1.39. The van der Waals surface area contributed by atoms with Crippen LogP contribution in [0.5, 0.6) is 5.75 Å². The van der Waals surface area contributed by atoms with Crippen molar-refractivity contribution in [3.63, 3.8) is 0 Å². The van der Waals surface area contributed by atoms with E-state index in [9.17, 15) is 13.2 Å². The Morgan fingerprint density at radius 1 is 1.05 bits per heavy atom. The van der Waals surface area contributed by atoms with Gasteiger partial charge < -0.3 is 9.47 Å². The number of hydrogen-bond donors (Lipinski definition) is 0. The van der Waals surface area contributed by atoms with Crippen molar-refractivity contribution in [2.45, 2.75) is 25.6 Å². The molecule has 0 aliphatic heterocycles. The molecule has 0 fully saturated rings. The van der Waals surface area contributed by atoms with Gasteiger partial charge in [0.15, 0.2) is 0 Å². The number of hydrogen-bond acceptors (Lipinski definition) is 2. The molecule has 6 heteroatoms. The molecule has 1 aromatic rings. The highest BCUT2D eigenvalue weighted by molar-refractivity contribution is 14.1. The summed E-state index contributed by atoms with van der Waals surface area (Å²) in [4.78, 5) is 0. The van der Waals surface area contributed by atoms with E-state index in [1.54, 1.807) is 12.1 Å². The topological polar surface area (TPSA) is 18.5 Å². The summed E-state index contributed by atoms with van der Waals surface area (Å²) in [6, 6.07) is 7.20. The van der Waals surface area contributed by atoms with E-state index in [0.717, 1.165) is 9.99 Å². The molecule has 0 atom stereocenters. The number of alkyl halides is 4. The lowest BCUT2D eigenvalue weighted by Gasteiger charge is -2.09. The predicted octanol–water partition coefficient (Wildman–Crippen LogP) is 4.36. The van der Waals surface area contributed by atoms with Gasteiger partial charge in [-0.2, -0.15) is 13.2 Å². The minimum absolute atomic E-state index is 0.0238. The van der Waals surface area contributed by atoms with Crippen LogP contribution >= 0.6 is 22.6 Å². The summed E-state index contributed by atoms with van der Waals surface area (Å²) < 4.78 is 47.3. The monoisotopic (exact) mass is 388 g/mol. The van der Waals surface area contributed by atoms with E-state index in [0.29, 0.717) is 19.0 Å². The summed E-state index contributed by atoms with van der Waals surface area (Å²) in [6.07, 6.45) is -4.94. The van der Waals surface area contributed by atoms with Gasteiger partial charge in [0.1, 0.15) is 5.75 Å². The highest BCUT2D eigenvalue weighted by Gasteiger charge is 2.26. The van der Waals surface area contributed by atoms with E-state index in [2.05, 4.69) is 22.6 Å². The van der Waals surface area contributed by atoms with Gasteiger partial charge in [-0.05, 0) is 24.1 Å².